The summed E-state index contributed by atoms with van der Waals surface area (Å²) < 4.78 is 11.2. The zero-order valence-electron chi connectivity index (χ0n) is 19.4. The third-order valence-corrected chi connectivity index (χ3v) is 7.60. The molecule has 1 aromatic carbocycles. The van der Waals surface area contributed by atoms with Crippen LogP contribution in [0.25, 0.3) is 0 Å². The molecule has 34 heavy (non-hydrogen) atoms. The van der Waals surface area contributed by atoms with E-state index in [1.54, 1.807) is 6.92 Å². The number of carbonyl (C=O) groups is 4. The SMILES string of the molecule is COc1cc(O)cc(OC)c1[C@H]1C2=CC[C@@H]3C(=O)N(C)C(=O)[C@@H]3[C@@H]2CC2=C1C(=O)C(C)=CC2=O. The van der Waals surface area contributed by atoms with Crippen molar-refractivity contribution >= 4 is 23.4 Å². The number of Topliss-reactive ketones (excluding diaryl/α,β-unsaturated/α-hetero) is 1. The summed E-state index contributed by atoms with van der Waals surface area (Å²) in [5, 5.41) is 10.2. The molecule has 0 spiro atoms. The first-order chi connectivity index (χ1) is 16.2. The van der Waals surface area contributed by atoms with Gasteiger partial charge in [-0.15, -0.1) is 0 Å². The van der Waals surface area contributed by atoms with Crippen molar-refractivity contribution < 1.29 is 33.8 Å². The highest BCUT2D eigenvalue weighted by Crippen LogP contribution is 2.57. The number of phenols is 1. The second-order valence-corrected chi connectivity index (χ2v) is 9.23. The molecule has 1 fully saturated rings. The number of methoxy groups -OCH3 is 2. The molecular weight excluding hydrogens is 438 g/mol. The summed E-state index contributed by atoms with van der Waals surface area (Å²) in [4.78, 5) is 53.6. The van der Waals surface area contributed by atoms with Gasteiger partial charge < -0.3 is 14.6 Å². The smallest absolute Gasteiger partial charge is 0.233 e. The van der Waals surface area contributed by atoms with E-state index in [4.69, 9.17) is 9.47 Å². The molecule has 1 saturated heterocycles. The van der Waals surface area contributed by atoms with Crippen LogP contribution in [0.5, 0.6) is 17.2 Å². The second-order valence-electron chi connectivity index (χ2n) is 9.23. The fourth-order valence-corrected chi connectivity index (χ4v) is 6.06. The first-order valence-corrected chi connectivity index (χ1v) is 11.2. The van der Waals surface area contributed by atoms with Gasteiger partial charge in [0.2, 0.25) is 11.8 Å². The number of aromatic hydroxyl groups is 1. The van der Waals surface area contributed by atoms with E-state index >= 15 is 0 Å². The van der Waals surface area contributed by atoms with Crippen molar-refractivity contribution in [2.75, 3.05) is 21.3 Å². The number of rotatable bonds is 3. The molecule has 1 aromatic rings. The van der Waals surface area contributed by atoms with Crippen LogP contribution in [0, 0.1) is 17.8 Å². The Balaban J connectivity index is 1.79. The topological polar surface area (TPSA) is 110 Å². The third kappa shape index (κ3) is 2.90. The summed E-state index contributed by atoms with van der Waals surface area (Å²) in [5.41, 5.74) is 2.35. The summed E-state index contributed by atoms with van der Waals surface area (Å²) >= 11 is 0. The van der Waals surface area contributed by atoms with Gasteiger partial charge >= 0.3 is 0 Å². The number of ketones is 2. The Hall–Kier alpha value is -3.68. The standard InChI is InChI=1S/C26H25NO7/c1-11-7-17(29)16-10-15-13(5-6-14-20(15)26(32)27(2)25(14)31)21(22(16)24(11)30)23-18(33-3)8-12(28)9-19(23)34-4/h5,7-9,14-15,20-21,28H,6,10H2,1-4H3/t14-,15+,20-,21-/m0/s1. The van der Waals surface area contributed by atoms with Gasteiger partial charge in [-0.25, -0.2) is 0 Å². The van der Waals surface area contributed by atoms with Crippen molar-refractivity contribution in [3.8, 4) is 17.2 Å². The summed E-state index contributed by atoms with van der Waals surface area (Å²) in [6.45, 7) is 1.61. The monoisotopic (exact) mass is 463 g/mol. The van der Waals surface area contributed by atoms with Gasteiger partial charge in [-0.05, 0) is 31.8 Å². The molecule has 0 saturated carbocycles. The molecule has 1 heterocycles. The zero-order chi connectivity index (χ0) is 24.5. The minimum atomic E-state index is -0.714. The number of carbonyl (C=O) groups excluding carboxylic acids is 4. The predicted molar refractivity (Wildman–Crippen MR) is 120 cm³/mol. The number of ether oxygens (including phenoxy) is 2. The van der Waals surface area contributed by atoms with Crippen molar-refractivity contribution in [2.45, 2.75) is 25.7 Å². The van der Waals surface area contributed by atoms with Crippen LogP contribution in [0.2, 0.25) is 0 Å². The fraction of sp³-hybridized carbons (Fsp3) is 0.385. The quantitative estimate of drug-likeness (QED) is 0.417. The van der Waals surface area contributed by atoms with E-state index in [0.717, 1.165) is 5.57 Å². The van der Waals surface area contributed by atoms with Gasteiger partial charge in [-0.2, -0.15) is 0 Å². The summed E-state index contributed by atoms with van der Waals surface area (Å²) in [5.74, 6) is -2.68. The average Bonchev–Trinajstić information content (AvgIpc) is 3.04. The lowest BCUT2D eigenvalue weighted by Gasteiger charge is -2.42. The average molecular weight is 463 g/mol. The Labute approximate surface area is 196 Å². The zero-order valence-corrected chi connectivity index (χ0v) is 19.4. The van der Waals surface area contributed by atoms with Gasteiger partial charge in [-0.1, -0.05) is 11.6 Å². The number of fused-ring (bicyclic) bond motifs is 3. The van der Waals surface area contributed by atoms with Crippen LogP contribution in [0.1, 0.15) is 31.2 Å². The number of likely N-dealkylation sites (tertiary alicyclic amines) is 1. The fourth-order valence-electron chi connectivity index (χ4n) is 6.06. The minimum Gasteiger partial charge on any atom is -0.508 e. The van der Waals surface area contributed by atoms with E-state index in [1.807, 2.05) is 6.08 Å². The predicted octanol–water partition coefficient (Wildman–Crippen LogP) is 2.47. The maximum atomic E-state index is 13.5. The highest BCUT2D eigenvalue weighted by molar-refractivity contribution is 6.24. The molecule has 0 aromatic heterocycles. The molecule has 3 aliphatic carbocycles. The van der Waals surface area contributed by atoms with Crippen molar-refractivity contribution in [1.29, 1.82) is 0 Å². The van der Waals surface area contributed by atoms with Crippen molar-refractivity contribution in [2.24, 2.45) is 17.8 Å². The molecule has 2 amide bonds. The highest BCUT2D eigenvalue weighted by atomic mass is 16.5. The molecule has 5 rings (SSSR count). The molecule has 1 aliphatic heterocycles. The number of imide groups is 1. The van der Waals surface area contributed by atoms with E-state index in [-0.39, 0.29) is 35.6 Å². The summed E-state index contributed by atoms with van der Waals surface area (Å²) in [6, 6.07) is 2.87. The molecule has 176 valence electrons. The van der Waals surface area contributed by atoms with E-state index in [9.17, 15) is 24.3 Å². The van der Waals surface area contributed by atoms with Gasteiger partial charge in [0.15, 0.2) is 11.6 Å². The van der Waals surface area contributed by atoms with Crippen LogP contribution in [0.3, 0.4) is 0 Å². The van der Waals surface area contributed by atoms with Gasteiger partial charge in [-0.3, -0.25) is 24.1 Å². The van der Waals surface area contributed by atoms with Crippen LogP contribution in [0.15, 0.2) is 46.6 Å². The number of amides is 2. The van der Waals surface area contributed by atoms with Crippen molar-refractivity contribution in [1.82, 2.24) is 4.90 Å². The largest absolute Gasteiger partial charge is 0.508 e. The molecular formula is C26H25NO7. The second kappa shape index (κ2) is 7.68. The van der Waals surface area contributed by atoms with Crippen molar-refractivity contribution in [3.63, 3.8) is 0 Å². The summed E-state index contributed by atoms with van der Waals surface area (Å²) in [7, 11) is 4.39. The van der Waals surface area contributed by atoms with Gasteiger partial charge in [0.05, 0.1) is 26.1 Å². The summed E-state index contributed by atoms with van der Waals surface area (Å²) in [6.07, 6.45) is 3.85. The number of hydrogen-bond acceptors (Lipinski definition) is 7. The van der Waals surface area contributed by atoms with Crippen LogP contribution < -0.4 is 9.47 Å². The Morgan fingerprint density at radius 2 is 1.65 bits per heavy atom. The maximum Gasteiger partial charge on any atom is 0.233 e. The molecule has 0 bridgehead atoms. The first kappa shape index (κ1) is 22.1. The molecule has 8 heteroatoms. The third-order valence-electron chi connectivity index (χ3n) is 7.60. The van der Waals surface area contributed by atoms with Crippen LogP contribution >= 0.6 is 0 Å². The number of benzene rings is 1. The van der Waals surface area contributed by atoms with E-state index in [1.165, 1.54) is 44.4 Å². The molecule has 4 aliphatic rings. The Kier molecular flexibility index (Phi) is 5.00. The highest BCUT2D eigenvalue weighted by Gasteiger charge is 2.56. The lowest BCUT2D eigenvalue weighted by atomic mass is 9.59. The lowest BCUT2D eigenvalue weighted by Crippen LogP contribution is -2.39. The van der Waals surface area contributed by atoms with Crippen LogP contribution in [-0.2, 0) is 19.2 Å². The van der Waals surface area contributed by atoms with E-state index in [0.29, 0.717) is 40.2 Å². The van der Waals surface area contributed by atoms with Gasteiger partial charge in [0, 0.05) is 47.4 Å². The van der Waals surface area contributed by atoms with Gasteiger partial charge in [0.25, 0.3) is 0 Å². The van der Waals surface area contributed by atoms with Crippen LogP contribution in [0.4, 0.5) is 0 Å². The van der Waals surface area contributed by atoms with Gasteiger partial charge in [0.1, 0.15) is 17.2 Å². The Morgan fingerprint density at radius 3 is 2.26 bits per heavy atom. The van der Waals surface area contributed by atoms with E-state index < -0.39 is 23.7 Å². The number of phenolic OH excluding ortho intramolecular Hbond substituents is 1. The Bertz CT molecular complexity index is 1240. The Morgan fingerprint density at radius 1 is 1.00 bits per heavy atom. The molecule has 1 N–H and O–H groups in total. The van der Waals surface area contributed by atoms with Crippen LogP contribution in [-0.4, -0.2) is 54.7 Å². The van der Waals surface area contributed by atoms with Crippen molar-refractivity contribution in [3.05, 3.63) is 52.1 Å². The minimum absolute atomic E-state index is 0.0722. The number of allylic oxidation sites excluding steroid dienone is 6. The lowest BCUT2D eigenvalue weighted by molar-refractivity contribution is -0.138. The molecule has 0 radical (unpaired) electrons. The van der Waals surface area contributed by atoms with E-state index in [2.05, 4.69) is 0 Å². The molecule has 8 nitrogen and oxygen atoms in total. The molecule has 4 atom stereocenters. The number of hydrogen-bond donors (Lipinski definition) is 1. The molecule has 0 unspecified atom stereocenters. The normalized spacial score (nSPS) is 28.3. The number of nitrogens with zero attached hydrogens (tertiary/aromatic N) is 1. The first-order valence-electron chi connectivity index (χ1n) is 11.2. The maximum absolute atomic E-state index is 13.5.